The zero-order valence-electron chi connectivity index (χ0n) is 19.3. The number of methoxy groups -OCH3 is 1. The number of alkyl carbamates (subject to hydrolysis) is 1. The van der Waals surface area contributed by atoms with Crippen molar-refractivity contribution in [1.82, 2.24) is 25.4 Å². The molecular formula is C22H31N5O5. The number of rotatable bonds is 8. The second-order valence-corrected chi connectivity index (χ2v) is 8.42. The number of esters is 1. The maximum Gasteiger partial charge on any atom is 0.408 e. The predicted octanol–water partition coefficient (Wildman–Crippen LogP) is 2.33. The maximum absolute atomic E-state index is 13.2. The first-order valence-electron chi connectivity index (χ1n) is 10.3. The van der Waals surface area contributed by atoms with Gasteiger partial charge in [-0.3, -0.25) is 4.79 Å². The Morgan fingerprint density at radius 2 is 1.75 bits per heavy atom. The molecule has 32 heavy (non-hydrogen) atoms. The van der Waals surface area contributed by atoms with Crippen molar-refractivity contribution >= 4 is 18.0 Å². The summed E-state index contributed by atoms with van der Waals surface area (Å²) < 4.78 is 11.6. The van der Waals surface area contributed by atoms with Crippen molar-refractivity contribution in [3.05, 3.63) is 48.0 Å². The van der Waals surface area contributed by atoms with Crippen molar-refractivity contribution in [2.24, 2.45) is 0 Å². The van der Waals surface area contributed by atoms with E-state index in [9.17, 15) is 14.4 Å². The van der Waals surface area contributed by atoms with E-state index in [2.05, 4.69) is 20.8 Å². The fourth-order valence-corrected chi connectivity index (χ4v) is 3.05. The van der Waals surface area contributed by atoms with Crippen LogP contribution < -0.4 is 10.6 Å². The van der Waals surface area contributed by atoms with Gasteiger partial charge in [0.05, 0.1) is 13.2 Å². The van der Waals surface area contributed by atoms with E-state index >= 15 is 0 Å². The quantitative estimate of drug-likeness (QED) is 0.598. The van der Waals surface area contributed by atoms with Crippen LogP contribution in [-0.4, -0.2) is 51.5 Å². The highest BCUT2D eigenvalue weighted by Crippen LogP contribution is 2.21. The average Bonchev–Trinajstić information content (AvgIpc) is 3.20. The van der Waals surface area contributed by atoms with Crippen molar-refractivity contribution < 1.29 is 23.9 Å². The lowest BCUT2D eigenvalue weighted by Gasteiger charge is -2.24. The Hall–Kier alpha value is -3.43. The molecule has 0 saturated carbocycles. The Kier molecular flexibility index (Phi) is 8.34. The number of hydrogen-bond donors (Lipinski definition) is 2. The maximum atomic E-state index is 13.2. The SMILES string of the molecule is COC(=O)[C@H](C)NC(=O)[C@H](Cc1ccccc1)n1cnnc1[C@H](C)NC(=O)OC(C)(C)C. The highest BCUT2D eigenvalue weighted by Gasteiger charge is 2.29. The molecule has 3 atom stereocenters. The molecule has 0 aliphatic heterocycles. The lowest BCUT2D eigenvalue weighted by molar-refractivity contribution is -0.144. The normalized spacial score (nSPS) is 14.1. The summed E-state index contributed by atoms with van der Waals surface area (Å²) in [5.74, 6) is -0.587. The Bertz CT molecular complexity index is 922. The second-order valence-electron chi connectivity index (χ2n) is 8.42. The van der Waals surface area contributed by atoms with Gasteiger partial charge in [-0.15, -0.1) is 10.2 Å². The van der Waals surface area contributed by atoms with Crippen molar-refractivity contribution in [2.75, 3.05) is 7.11 Å². The summed E-state index contributed by atoms with van der Waals surface area (Å²) in [6.07, 6.45) is 1.14. The topological polar surface area (TPSA) is 124 Å². The van der Waals surface area contributed by atoms with Crippen LogP contribution in [0.4, 0.5) is 4.79 Å². The largest absolute Gasteiger partial charge is 0.467 e. The number of aromatic nitrogens is 3. The summed E-state index contributed by atoms with van der Waals surface area (Å²) in [6.45, 7) is 8.56. The van der Waals surface area contributed by atoms with E-state index < -0.39 is 41.7 Å². The van der Waals surface area contributed by atoms with E-state index in [0.29, 0.717) is 12.2 Å². The highest BCUT2D eigenvalue weighted by molar-refractivity contribution is 5.86. The van der Waals surface area contributed by atoms with Gasteiger partial charge in [-0.05, 0) is 40.2 Å². The van der Waals surface area contributed by atoms with Crippen LogP contribution in [0.3, 0.4) is 0 Å². The molecule has 0 fully saturated rings. The smallest absolute Gasteiger partial charge is 0.408 e. The first-order valence-corrected chi connectivity index (χ1v) is 10.3. The minimum atomic E-state index is -0.831. The molecule has 0 aliphatic carbocycles. The molecule has 174 valence electrons. The minimum absolute atomic E-state index is 0.324. The van der Waals surface area contributed by atoms with Gasteiger partial charge in [-0.2, -0.15) is 0 Å². The predicted molar refractivity (Wildman–Crippen MR) is 117 cm³/mol. The fourth-order valence-electron chi connectivity index (χ4n) is 3.05. The van der Waals surface area contributed by atoms with Crippen LogP contribution >= 0.6 is 0 Å². The van der Waals surface area contributed by atoms with Gasteiger partial charge in [-0.1, -0.05) is 30.3 Å². The third kappa shape index (κ3) is 7.07. The number of hydrogen-bond acceptors (Lipinski definition) is 7. The van der Waals surface area contributed by atoms with Gasteiger partial charge >= 0.3 is 12.1 Å². The molecule has 1 aromatic carbocycles. The van der Waals surface area contributed by atoms with E-state index in [1.165, 1.54) is 13.4 Å². The number of ether oxygens (including phenoxy) is 2. The lowest BCUT2D eigenvalue weighted by atomic mass is 10.0. The Morgan fingerprint density at radius 3 is 2.34 bits per heavy atom. The molecule has 2 rings (SSSR count). The van der Waals surface area contributed by atoms with E-state index in [1.54, 1.807) is 39.2 Å². The first kappa shape index (κ1) is 24.8. The molecular weight excluding hydrogens is 414 g/mol. The van der Waals surface area contributed by atoms with Gasteiger partial charge in [0.15, 0.2) is 5.82 Å². The zero-order valence-corrected chi connectivity index (χ0v) is 19.3. The highest BCUT2D eigenvalue weighted by atomic mass is 16.6. The molecule has 0 aliphatic rings. The van der Waals surface area contributed by atoms with Crippen molar-refractivity contribution in [2.45, 2.75) is 64.8 Å². The van der Waals surface area contributed by atoms with Crippen LogP contribution in [0, 0.1) is 0 Å². The number of benzene rings is 1. The molecule has 0 unspecified atom stereocenters. The van der Waals surface area contributed by atoms with Gasteiger partial charge in [-0.25, -0.2) is 9.59 Å². The summed E-state index contributed by atoms with van der Waals surface area (Å²) >= 11 is 0. The number of nitrogens with one attached hydrogen (secondary N) is 2. The number of nitrogens with zero attached hydrogens (tertiary/aromatic N) is 3. The Balaban J connectivity index is 2.30. The fraction of sp³-hybridized carbons (Fsp3) is 0.500. The Labute approximate surface area is 187 Å². The summed E-state index contributed by atoms with van der Waals surface area (Å²) in [7, 11) is 1.26. The Morgan fingerprint density at radius 1 is 1.09 bits per heavy atom. The number of carbonyl (C=O) groups excluding carboxylic acids is 3. The van der Waals surface area contributed by atoms with Crippen LogP contribution in [0.1, 0.15) is 58.1 Å². The van der Waals surface area contributed by atoms with E-state index in [4.69, 9.17) is 9.47 Å². The molecule has 2 N–H and O–H groups in total. The monoisotopic (exact) mass is 445 g/mol. The van der Waals surface area contributed by atoms with Crippen LogP contribution in [0.5, 0.6) is 0 Å². The summed E-state index contributed by atoms with van der Waals surface area (Å²) in [5.41, 5.74) is 0.253. The molecule has 2 amide bonds. The molecule has 0 saturated heterocycles. The second kappa shape index (κ2) is 10.7. The molecule has 0 radical (unpaired) electrons. The van der Waals surface area contributed by atoms with Crippen molar-refractivity contribution in [3.63, 3.8) is 0 Å². The molecule has 2 aromatic rings. The van der Waals surface area contributed by atoms with Gasteiger partial charge in [0.2, 0.25) is 5.91 Å². The minimum Gasteiger partial charge on any atom is -0.467 e. The van der Waals surface area contributed by atoms with E-state index in [-0.39, 0.29) is 0 Å². The van der Waals surface area contributed by atoms with Crippen LogP contribution in [0.25, 0.3) is 0 Å². The standard InChI is InChI=1S/C22H31N5O5/c1-14(25-21(30)32-22(3,4)5)18-26-23-13-27(18)17(12-16-10-8-7-9-11-16)19(28)24-15(2)20(29)31-6/h7-11,13-15,17H,12H2,1-6H3,(H,24,28)(H,25,30)/t14-,15-,17-/m0/s1. The van der Waals surface area contributed by atoms with Crippen LogP contribution in [0.15, 0.2) is 36.7 Å². The van der Waals surface area contributed by atoms with Gasteiger partial charge in [0.1, 0.15) is 24.0 Å². The average molecular weight is 446 g/mol. The number of carbonyl (C=O) groups is 3. The third-order valence-electron chi connectivity index (χ3n) is 4.55. The summed E-state index contributed by atoms with van der Waals surface area (Å²) in [5, 5.41) is 13.5. The van der Waals surface area contributed by atoms with Crippen molar-refractivity contribution in [1.29, 1.82) is 0 Å². The summed E-state index contributed by atoms with van der Waals surface area (Å²) in [4.78, 5) is 37.2. The molecule has 0 bridgehead atoms. The molecule has 10 heteroatoms. The van der Waals surface area contributed by atoms with Crippen LogP contribution in [0.2, 0.25) is 0 Å². The molecule has 1 heterocycles. The molecule has 1 aromatic heterocycles. The van der Waals surface area contributed by atoms with Crippen molar-refractivity contribution in [3.8, 4) is 0 Å². The summed E-state index contributed by atoms with van der Waals surface area (Å²) in [6, 6.07) is 7.25. The zero-order chi connectivity index (χ0) is 23.9. The van der Waals surface area contributed by atoms with E-state index in [1.807, 2.05) is 30.3 Å². The number of amides is 2. The molecule has 0 spiro atoms. The third-order valence-corrected chi connectivity index (χ3v) is 4.55. The van der Waals surface area contributed by atoms with Crippen LogP contribution in [-0.2, 0) is 25.5 Å². The molecule has 10 nitrogen and oxygen atoms in total. The lowest BCUT2D eigenvalue weighted by Crippen LogP contribution is -2.44. The van der Waals surface area contributed by atoms with Gasteiger partial charge in [0.25, 0.3) is 0 Å². The van der Waals surface area contributed by atoms with E-state index in [0.717, 1.165) is 5.56 Å². The van der Waals surface area contributed by atoms with Gasteiger partial charge < -0.3 is 24.7 Å². The first-order chi connectivity index (χ1) is 15.0. The van der Waals surface area contributed by atoms with Gasteiger partial charge in [0, 0.05) is 6.42 Å².